The second-order valence-corrected chi connectivity index (χ2v) is 21.3. The molecule has 0 aromatic rings. The van der Waals surface area contributed by atoms with E-state index < -0.39 is 0 Å². The van der Waals surface area contributed by atoms with Crippen molar-refractivity contribution < 1.29 is 0 Å². The normalized spacial score (nSPS) is 14.0. The first kappa shape index (κ1) is 58.0. The summed E-state index contributed by atoms with van der Waals surface area (Å²) in [4.78, 5) is 0. The lowest BCUT2D eigenvalue weighted by atomic mass is 9.71. The minimum atomic E-state index is 0.912. The fraction of sp³-hybridized carbons (Fsp3) is 1.00. The Bertz CT molecular complexity index is 739. The summed E-state index contributed by atoms with van der Waals surface area (Å²) >= 11 is 0. The zero-order chi connectivity index (χ0) is 43.7. The highest BCUT2D eigenvalue weighted by Crippen LogP contribution is 2.42. The van der Waals surface area contributed by atoms with Gasteiger partial charge < -0.3 is 0 Å². The summed E-state index contributed by atoms with van der Waals surface area (Å²) in [6, 6.07) is 0. The SMILES string of the molecule is CCCCC(CC(CC)CC)CC(CCC(CC(CC(CC)CC)CC(CC)CC)CC(CC(CC)CC)CC(CC)CC)CC(CC(CC)CC)CC(CC)CC. The number of hydrogen-bond acceptors (Lipinski definition) is 0. The van der Waals surface area contributed by atoms with Gasteiger partial charge in [0.05, 0.1) is 0 Å². The van der Waals surface area contributed by atoms with Gasteiger partial charge in [-0.25, -0.2) is 0 Å². The molecule has 0 bridgehead atoms. The topological polar surface area (TPSA) is 0 Å². The van der Waals surface area contributed by atoms with E-state index in [1.165, 1.54) is 193 Å². The average molecular weight is 816 g/mol. The fourth-order valence-corrected chi connectivity index (χ4v) is 12.4. The Labute approximate surface area is 372 Å². The van der Waals surface area contributed by atoms with Crippen molar-refractivity contribution in [1.29, 1.82) is 0 Å². The Balaban J connectivity index is 7.19. The van der Waals surface area contributed by atoms with Crippen LogP contribution in [0.5, 0.6) is 0 Å². The molecule has 0 radical (unpaired) electrons. The highest BCUT2D eigenvalue weighted by atomic mass is 14.4. The van der Waals surface area contributed by atoms with Crippen LogP contribution in [-0.4, -0.2) is 0 Å². The van der Waals surface area contributed by atoms with E-state index in [1.807, 2.05) is 0 Å². The van der Waals surface area contributed by atoms with E-state index in [0.717, 1.165) is 76.9 Å². The van der Waals surface area contributed by atoms with Crippen molar-refractivity contribution in [1.82, 2.24) is 0 Å². The third kappa shape index (κ3) is 25.8. The van der Waals surface area contributed by atoms with E-state index in [4.69, 9.17) is 0 Å². The van der Waals surface area contributed by atoms with Gasteiger partial charge in [0.15, 0.2) is 0 Å². The van der Waals surface area contributed by atoms with Crippen LogP contribution in [0.1, 0.15) is 296 Å². The van der Waals surface area contributed by atoms with Crippen LogP contribution in [0.3, 0.4) is 0 Å². The molecule has 0 aliphatic carbocycles. The van der Waals surface area contributed by atoms with Crippen molar-refractivity contribution in [2.45, 2.75) is 296 Å². The Kier molecular flexibility index (Phi) is 37.5. The zero-order valence-electron chi connectivity index (χ0n) is 43.7. The summed E-state index contributed by atoms with van der Waals surface area (Å²) in [5.41, 5.74) is 0. The van der Waals surface area contributed by atoms with Gasteiger partial charge in [0.1, 0.15) is 0 Å². The molecule has 0 heteroatoms. The molecule has 0 aromatic heterocycles. The lowest BCUT2D eigenvalue weighted by molar-refractivity contribution is 0.165. The molecular formula is C58H118. The molecule has 2 unspecified atom stereocenters. The van der Waals surface area contributed by atoms with E-state index >= 15 is 0 Å². The van der Waals surface area contributed by atoms with Crippen molar-refractivity contribution in [3.63, 3.8) is 0 Å². The smallest absolute Gasteiger partial charge is 0.0406 e. The Hall–Kier alpha value is 0. The average Bonchev–Trinajstić information content (AvgIpc) is 3.25. The van der Waals surface area contributed by atoms with Crippen molar-refractivity contribution in [3.05, 3.63) is 0 Å². The molecule has 350 valence electrons. The molecule has 0 fully saturated rings. The van der Waals surface area contributed by atoms with Crippen molar-refractivity contribution in [2.75, 3.05) is 0 Å². The van der Waals surface area contributed by atoms with Gasteiger partial charge in [0, 0.05) is 0 Å². The molecule has 0 rings (SSSR count). The molecule has 0 amide bonds. The molecule has 0 saturated carbocycles. The maximum Gasteiger partial charge on any atom is -0.0406 e. The molecular weight excluding hydrogens is 697 g/mol. The third-order valence-corrected chi connectivity index (χ3v) is 17.4. The van der Waals surface area contributed by atoms with E-state index in [-0.39, 0.29) is 0 Å². The second-order valence-electron chi connectivity index (χ2n) is 21.3. The van der Waals surface area contributed by atoms with Crippen molar-refractivity contribution in [2.24, 2.45) is 76.9 Å². The molecule has 0 spiro atoms. The quantitative estimate of drug-likeness (QED) is 0.0576. The first-order chi connectivity index (χ1) is 28.0. The predicted octanol–water partition coefficient (Wildman–Crippen LogP) is 21.0. The van der Waals surface area contributed by atoms with E-state index in [2.05, 4.69) is 104 Å². The Morgan fingerprint density at radius 2 is 0.328 bits per heavy atom. The molecule has 0 aliphatic heterocycles. The summed E-state index contributed by atoms with van der Waals surface area (Å²) in [6.07, 6.45) is 43.1. The molecule has 0 heterocycles. The van der Waals surface area contributed by atoms with Gasteiger partial charge in [0.25, 0.3) is 0 Å². The lowest BCUT2D eigenvalue weighted by Crippen LogP contribution is -2.23. The van der Waals surface area contributed by atoms with E-state index in [0.29, 0.717) is 0 Å². The van der Waals surface area contributed by atoms with Gasteiger partial charge in [-0.1, -0.05) is 226 Å². The third-order valence-electron chi connectivity index (χ3n) is 17.4. The highest BCUT2D eigenvalue weighted by Gasteiger charge is 2.30. The van der Waals surface area contributed by atoms with E-state index in [1.54, 1.807) is 0 Å². The fourth-order valence-electron chi connectivity index (χ4n) is 12.4. The maximum absolute atomic E-state index is 2.49. The van der Waals surface area contributed by atoms with Crippen LogP contribution in [0.2, 0.25) is 0 Å². The summed E-state index contributed by atoms with van der Waals surface area (Å²) in [7, 11) is 0. The van der Waals surface area contributed by atoms with Crippen LogP contribution in [0.4, 0.5) is 0 Å². The Morgan fingerprint density at radius 1 is 0.172 bits per heavy atom. The van der Waals surface area contributed by atoms with Gasteiger partial charge in [-0.15, -0.1) is 0 Å². The molecule has 0 aromatic carbocycles. The monoisotopic (exact) mass is 815 g/mol. The van der Waals surface area contributed by atoms with E-state index in [9.17, 15) is 0 Å². The standard InChI is InChI=1S/C58H118/c1-16-31-32-53(35-46(17-2)18-3)42-54(43-56(36-47(19-4)20-5)37-48(21-6)22-7)33-34-55(44-57(38-49(23-8)24-9)39-50(25-10)26-11)45-58(40-51(27-12)28-13)41-52(29-14)30-15/h46-58H,16-45H2,1-15H3. The minimum Gasteiger partial charge on any atom is -0.0654 e. The van der Waals surface area contributed by atoms with Gasteiger partial charge in [-0.3, -0.25) is 0 Å². The summed E-state index contributed by atoms with van der Waals surface area (Å²) < 4.78 is 0. The van der Waals surface area contributed by atoms with Crippen LogP contribution >= 0.6 is 0 Å². The molecule has 0 N–H and O–H groups in total. The van der Waals surface area contributed by atoms with Crippen LogP contribution < -0.4 is 0 Å². The summed E-state index contributed by atoms with van der Waals surface area (Å²) in [5, 5.41) is 0. The molecule has 0 nitrogen and oxygen atoms in total. The van der Waals surface area contributed by atoms with Crippen LogP contribution in [-0.2, 0) is 0 Å². The number of unbranched alkanes of at least 4 members (excludes halogenated alkanes) is 1. The number of rotatable bonds is 42. The zero-order valence-corrected chi connectivity index (χ0v) is 43.7. The molecule has 0 aliphatic rings. The molecule has 0 saturated heterocycles. The van der Waals surface area contributed by atoms with Gasteiger partial charge in [-0.05, 0) is 148 Å². The summed E-state index contributed by atoms with van der Waals surface area (Å²) in [6.45, 7) is 37.3. The first-order valence-corrected chi connectivity index (χ1v) is 28.0. The van der Waals surface area contributed by atoms with Crippen molar-refractivity contribution in [3.8, 4) is 0 Å². The first-order valence-electron chi connectivity index (χ1n) is 28.0. The lowest BCUT2D eigenvalue weighted by Gasteiger charge is -2.35. The molecule has 2 atom stereocenters. The van der Waals surface area contributed by atoms with Gasteiger partial charge in [-0.2, -0.15) is 0 Å². The summed E-state index contributed by atoms with van der Waals surface area (Å²) in [5.74, 6) is 11.9. The highest BCUT2D eigenvalue weighted by molar-refractivity contribution is 4.81. The minimum absolute atomic E-state index is 0.912. The largest absolute Gasteiger partial charge is 0.0654 e. The maximum atomic E-state index is 2.49. The number of hydrogen-bond donors (Lipinski definition) is 0. The van der Waals surface area contributed by atoms with Crippen LogP contribution in [0, 0.1) is 76.9 Å². The van der Waals surface area contributed by atoms with Crippen molar-refractivity contribution >= 4 is 0 Å². The van der Waals surface area contributed by atoms with Crippen LogP contribution in [0.25, 0.3) is 0 Å². The van der Waals surface area contributed by atoms with Gasteiger partial charge >= 0.3 is 0 Å². The van der Waals surface area contributed by atoms with Crippen LogP contribution in [0.15, 0.2) is 0 Å². The Morgan fingerprint density at radius 3 is 0.517 bits per heavy atom. The van der Waals surface area contributed by atoms with Gasteiger partial charge in [0.2, 0.25) is 0 Å². The second kappa shape index (κ2) is 37.5. The predicted molar refractivity (Wildman–Crippen MR) is 269 cm³/mol. The molecule has 58 heavy (non-hydrogen) atoms.